The van der Waals surface area contributed by atoms with Crippen molar-refractivity contribution in [3.05, 3.63) is 12.5 Å². The topological polar surface area (TPSA) is 21.1 Å². The fourth-order valence-electron chi connectivity index (χ4n) is 2.35. The third kappa shape index (κ3) is 2.11. The summed E-state index contributed by atoms with van der Waals surface area (Å²) in [6.45, 7) is 13.2. The van der Waals surface area contributed by atoms with Crippen molar-refractivity contribution in [1.29, 1.82) is 0 Å². The van der Waals surface area contributed by atoms with Crippen LogP contribution in [0.4, 0.5) is 5.82 Å². The summed E-state index contributed by atoms with van der Waals surface area (Å²) in [4.78, 5) is 4.62. The Morgan fingerprint density at radius 1 is 1.31 bits per heavy atom. The number of rotatable bonds is 2. The molecule has 0 N–H and O–H groups in total. The van der Waals surface area contributed by atoms with Gasteiger partial charge in [-0.25, -0.2) is 4.98 Å². The summed E-state index contributed by atoms with van der Waals surface area (Å²) in [5, 5.41) is 0. The molecule has 5 heteroatoms. The third-order valence-electron chi connectivity index (χ3n) is 3.52. The second-order valence-electron chi connectivity index (χ2n) is 6.38. The van der Waals surface area contributed by atoms with Gasteiger partial charge < -0.3 is 8.80 Å². The van der Waals surface area contributed by atoms with Crippen LogP contribution in [-0.2, 0) is 0 Å². The van der Waals surface area contributed by atoms with Crippen LogP contribution in [0.15, 0.2) is 12.5 Å². The maximum atomic E-state index is 4.62. The number of hydrogen-bond donors (Lipinski definition) is 0. The Kier molecular flexibility index (Phi) is 2.78. The maximum Gasteiger partial charge on any atom is 0.154 e. The van der Waals surface area contributed by atoms with Gasteiger partial charge in [0.15, 0.2) is 16.5 Å². The minimum atomic E-state index is -1.27. The largest absolute Gasteiger partial charge is 0.382 e. The molecule has 1 aliphatic heterocycles. The molecule has 3 nitrogen and oxygen atoms in total. The second kappa shape index (κ2) is 3.73. The van der Waals surface area contributed by atoms with Gasteiger partial charge in [-0.05, 0) is 12.5 Å². The molecule has 0 saturated carbocycles. The van der Waals surface area contributed by atoms with Gasteiger partial charge in [-0.3, -0.25) is 0 Å². The zero-order valence-electron chi connectivity index (χ0n) is 11.1. The highest BCUT2D eigenvalue weighted by Gasteiger charge is 2.36. The highest BCUT2D eigenvalue weighted by molar-refractivity contribution is 6.81. The van der Waals surface area contributed by atoms with Gasteiger partial charge in [0.05, 0.1) is 6.33 Å². The van der Waals surface area contributed by atoms with Crippen molar-refractivity contribution in [3.63, 3.8) is 0 Å². The maximum absolute atomic E-state index is 4.62. The van der Waals surface area contributed by atoms with Crippen molar-refractivity contribution in [2.45, 2.75) is 45.2 Å². The lowest BCUT2D eigenvalue weighted by atomic mass is 10.5. The standard InChI is InChI=1S/C11H23N3Si2/c1-15(2,3)13-9-11(12-10-13)14-7-6-8-16(14,4)5/h9-10H,6-8H2,1-5H3. The molecule has 1 fully saturated rings. The summed E-state index contributed by atoms with van der Waals surface area (Å²) in [7, 11) is -2.45. The van der Waals surface area contributed by atoms with E-state index >= 15 is 0 Å². The summed E-state index contributed by atoms with van der Waals surface area (Å²) < 4.78 is 4.94. The lowest BCUT2D eigenvalue weighted by Gasteiger charge is -2.29. The number of aromatic nitrogens is 2. The van der Waals surface area contributed by atoms with Crippen LogP contribution in [0, 0.1) is 0 Å². The monoisotopic (exact) mass is 253 g/mol. The average molecular weight is 253 g/mol. The molecule has 16 heavy (non-hydrogen) atoms. The zero-order valence-corrected chi connectivity index (χ0v) is 13.1. The Morgan fingerprint density at radius 2 is 2.00 bits per heavy atom. The first-order valence-electron chi connectivity index (χ1n) is 6.13. The molecule has 90 valence electrons. The predicted molar refractivity (Wildman–Crippen MR) is 75.2 cm³/mol. The quantitative estimate of drug-likeness (QED) is 0.756. The Hall–Kier alpha value is -0.556. The predicted octanol–water partition coefficient (Wildman–Crippen LogP) is 2.98. The molecule has 1 aliphatic rings. The van der Waals surface area contributed by atoms with Gasteiger partial charge >= 0.3 is 0 Å². The minimum Gasteiger partial charge on any atom is -0.382 e. The van der Waals surface area contributed by atoms with Crippen molar-refractivity contribution in [3.8, 4) is 0 Å². The molecular formula is C11H23N3Si2. The Labute approximate surface area is 101 Å². The van der Waals surface area contributed by atoms with Crippen LogP contribution in [0.3, 0.4) is 0 Å². The molecule has 0 atom stereocenters. The molecule has 0 spiro atoms. The van der Waals surface area contributed by atoms with E-state index in [2.05, 4.69) is 52.7 Å². The van der Waals surface area contributed by atoms with E-state index in [0.29, 0.717) is 0 Å². The summed E-state index contributed by atoms with van der Waals surface area (Å²) >= 11 is 0. The average Bonchev–Trinajstić information content (AvgIpc) is 2.68. The van der Waals surface area contributed by atoms with E-state index in [4.69, 9.17) is 0 Å². The molecule has 0 unspecified atom stereocenters. The van der Waals surface area contributed by atoms with Gasteiger partial charge in [0.2, 0.25) is 0 Å². The van der Waals surface area contributed by atoms with Gasteiger partial charge in [-0.1, -0.05) is 32.7 Å². The highest BCUT2D eigenvalue weighted by atomic mass is 28.3. The van der Waals surface area contributed by atoms with E-state index in [-0.39, 0.29) is 0 Å². The lowest BCUT2D eigenvalue weighted by Crippen LogP contribution is -2.43. The van der Waals surface area contributed by atoms with E-state index in [9.17, 15) is 0 Å². The Balaban J connectivity index is 2.26. The second-order valence-corrected chi connectivity index (χ2v) is 15.9. The molecule has 0 bridgehead atoms. The normalized spacial score (nSPS) is 20.4. The summed E-state index contributed by atoms with van der Waals surface area (Å²) in [6, 6.07) is 1.41. The SMILES string of the molecule is C[Si]1(C)CCCN1c1cn([Si](C)(C)C)cn1. The first kappa shape index (κ1) is 11.9. The summed E-state index contributed by atoms with van der Waals surface area (Å²) in [5.74, 6) is 1.22. The number of anilines is 1. The molecule has 0 amide bonds. The van der Waals surface area contributed by atoms with Gasteiger partial charge in [0.1, 0.15) is 5.82 Å². The summed E-state index contributed by atoms with van der Waals surface area (Å²) in [5.41, 5.74) is 0. The van der Waals surface area contributed by atoms with Crippen molar-refractivity contribution >= 4 is 22.3 Å². The van der Waals surface area contributed by atoms with Crippen LogP contribution in [0.25, 0.3) is 0 Å². The van der Waals surface area contributed by atoms with Crippen LogP contribution in [0.1, 0.15) is 6.42 Å². The summed E-state index contributed by atoms with van der Waals surface area (Å²) in [6.07, 6.45) is 5.65. The Bertz CT molecular complexity index is 379. The van der Waals surface area contributed by atoms with E-state index in [1.807, 2.05) is 6.33 Å². The molecule has 0 aromatic carbocycles. The zero-order chi connectivity index (χ0) is 12.0. The fourth-order valence-corrected chi connectivity index (χ4v) is 6.05. The Morgan fingerprint density at radius 3 is 2.44 bits per heavy atom. The van der Waals surface area contributed by atoms with Crippen LogP contribution in [0.5, 0.6) is 0 Å². The molecule has 0 aliphatic carbocycles. The number of hydrogen-bond acceptors (Lipinski definition) is 2. The van der Waals surface area contributed by atoms with Crippen molar-refractivity contribution < 1.29 is 0 Å². The van der Waals surface area contributed by atoms with E-state index < -0.39 is 16.5 Å². The van der Waals surface area contributed by atoms with Crippen LogP contribution in [0.2, 0.25) is 38.8 Å². The molecular weight excluding hydrogens is 230 g/mol. The molecule has 1 aromatic heterocycles. The van der Waals surface area contributed by atoms with E-state index in [1.54, 1.807) is 0 Å². The van der Waals surface area contributed by atoms with Crippen molar-refractivity contribution in [2.24, 2.45) is 0 Å². The molecule has 2 heterocycles. The number of nitrogens with zero attached hydrogens (tertiary/aromatic N) is 3. The first-order chi connectivity index (χ1) is 7.31. The van der Waals surface area contributed by atoms with Gasteiger partial charge in [-0.15, -0.1) is 0 Å². The first-order valence-corrected chi connectivity index (χ1v) is 12.7. The smallest absolute Gasteiger partial charge is 0.154 e. The fraction of sp³-hybridized carbons (Fsp3) is 0.727. The van der Waals surface area contributed by atoms with E-state index in [1.165, 1.54) is 24.8 Å². The number of imidazole rings is 1. The van der Waals surface area contributed by atoms with Crippen LogP contribution < -0.4 is 4.57 Å². The van der Waals surface area contributed by atoms with Gasteiger partial charge in [0, 0.05) is 12.7 Å². The van der Waals surface area contributed by atoms with Gasteiger partial charge in [-0.2, -0.15) is 0 Å². The van der Waals surface area contributed by atoms with E-state index in [0.717, 1.165) is 0 Å². The molecule has 1 saturated heterocycles. The lowest BCUT2D eigenvalue weighted by molar-refractivity contribution is 0.970. The molecule has 1 aromatic rings. The van der Waals surface area contributed by atoms with Crippen molar-refractivity contribution in [1.82, 2.24) is 9.22 Å². The highest BCUT2D eigenvalue weighted by Crippen LogP contribution is 2.30. The third-order valence-corrected chi connectivity index (χ3v) is 8.81. The van der Waals surface area contributed by atoms with Crippen LogP contribution >= 0.6 is 0 Å². The van der Waals surface area contributed by atoms with Crippen LogP contribution in [-0.4, -0.2) is 32.2 Å². The minimum absolute atomic E-state index is 1.18. The van der Waals surface area contributed by atoms with Crippen molar-refractivity contribution in [2.75, 3.05) is 11.1 Å². The molecule has 2 rings (SSSR count). The molecule has 0 radical (unpaired) electrons. The van der Waals surface area contributed by atoms with Gasteiger partial charge in [0.25, 0.3) is 0 Å².